The molecule has 0 aliphatic rings. The maximum atomic E-state index is 10.9. The van der Waals surface area contributed by atoms with Crippen molar-refractivity contribution in [2.45, 2.75) is 0 Å². The molecule has 66 valence electrons. The Labute approximate surface area is 74.3 Å². The van der Waals surface area contributed by atoms with Crippen LogP contribution in [0.4, 0.5) is 5.95 Å². The number of hydrazine groups is 1. The van der Waals surface area contributed by atoms with E-state index in [1.807, 2.05) is 0 Å². The molecule has 1 aromatic rings. The molecule has 6 heteroatoms. The van der Waals surface area contributed by atoms with Crippen molar-refractivity contribution >= 4 is 17.5 Å². The van der Waals surface area contributed by atoms with Gasteiger partial charge in [0.2, 0.25) is 5.95 Å². The van der Waals surface area contributed by atoms with E-state index in [0.29, 0.717) is 5.95 Å². The van der Waals surface area contributed by atoms with E-state index in [4.69, 9.17) is 11.6 Å². The van der Waals surface area contributed by atoms with Crippen LogP contribution in [-0.4, -0.2) is 29.1 Å². The van der Waals surface area contributed by atoms with Gasteiger partial charge in [0.05, 0.1) is 6.20 Å². The summed E-state index contributed by atoms with van der Waals surface area (Å²) in [5.74, 6) is 0.370. The number of anilines is 1. The maximum absolute atomic E-state index is 10.9. The summed E-state index contributed by atoms with van der Waals surface area (Å²) in [5, 5.41) is 1.74. The number of halogens is 1. The summed E-state index contributed by atoms with van der Waals surface area (Å²) in [6, 6.07) is 0. The molecule has 0 bridgehead atoms. The van der Waals surface area contributed by atoms with Crippen LogP contribution in [0.5, 0.6) is 0 Å². The lowest BCUT2D eigenvalue weighted by Crippen LogP contribution is -2.23. The third kappa shape index (κ3) is 2.21. The van der Waals surface area contributed by atoms with Gasteiger partial charge in [-0.15, -0.1) is 0 Å². The second-order valence-corrected chi connectivity index (χ2v) is 2.82. The van der Waals surface area contributed by atoms with Gasteiger partial charge in [-0.05, 0) is 0 Å². The lowest BCUT2D eigenvalue weighted by Gasteiger charge is -2.10. The van der Waals surface area contributed by atoms with Crippen LogP contribution < -0.4 is 11.0 Å². The quantitative estimate of drug-likeness (QED) is 0.656. The highest BCUT2D eigenvalue weighted by Gasteiger charge is 1.98. The first-order chi connectivity index (χ1) is 5.59. The van der Waals surface area contributed by atoms with Crippen LogP contribution in [0, 0.1) is 0 Å². The van der Waals surface area contributed by atoms with E-state index in [0.717, 1.165) is 0 Å². The minimum Gasteiger partial charge on any atom is -0.290 e. The van der Waals surface area contributed by atoms with E-state index in [9.17, 15) is 4.79 Å². The second-order valence-electron chi connectivity index (χ2n) is 2.42. The van der Waals surface area contributed by atoms with Gasteiger partial charge in [0, 0.05) is 14.1 Å². The molecule has 0 atom stereocenters. The molecule has 0 aromatic carbocycles. The van der Waals surface area contributed by atoms with Gasteiger partial charge in [-0.25, -0.2) is 9.99 Å². The number of H-pyrrole nitrogens is 1. The molecule has 0 unspecified atom stereocenters. The minimum atomic E-state index is -0.351. The number of hydrogen-bond acceptors (Lipinski definition) is 4. The van der Waals surface area contributed by atoms with Gasteiger partial charge >= 0.3 is 0 Å². The van der Waals surface area contributed by atoms with Gasteiger partial charge in [-0.3, -0.25) is 15.2 Å². The van der Waals surface area contributed by atoms with Crippen LogP contribution in [0.2, 0.25) is 5.02 Å². The molecule has 0 saturated carbocycles. The van der Waals surface area contributed by atoms with E-state index >= 15 is 0 Å². The fraction of sp³-hybridized carbons (Fsp3) is 0.333. The highest BCUT2D eigenvalue weighted by Crippen LogP contribution is 1.99. The zero-order valence-electron chi connectivity index (χ0n) is 6.76. The summed E-state index contributed by atoms with van der Waals surface area (Å²) in [6.07, 6.45) is 1.30. The van der Waals surface area contributed by atoms with Gasteiger partial charge in [-0.1, -0.05) is 11.6 Å². The van der Waals surface area contributed by atoms with E-state index < -0.39 is 0 Å². The van der Waals surface area contributed by atoms with Crippen LogP contribution in [-0.2, 0) is 0 Å². The number of aromatic nitrogens is 2. The molecule has 0 saturated heterocycles. The van der Waals surface area contributed by atoms with E-state index in [-0.39, 0.29) is 10.6 Å². The van der Waals surface area contributed by atoms with Crippen LogP contribution >= 0.6 is 11.6 Å². The van der Waals surface area contributed by atoms with Gasteiger partial charge in [0.15, 0.2) is 0 Å². The highest BCUT2D eigenvalue weighted by molar-refractivity contribution is 6.30. The number of nitrogens with zero attached hydrogens (tertiary/aromatic N) is 2. The molecule has 1 aromatic heterocycles. The largest absolute Gasteiger partial charge is 0.290 e. The molecule has 5 nitrogen and oxygen atoms in total. The van der Waals surface area contributed by atoms with E-state index in [1.54, 1.807) is 19.1 Å². The van der Waals surface area contributed by atoms with E-state index in [2.05, 4.69) is 15.4 Å². The Morgan fingerprint density at radius 1 is 1.67 bits per heavy atom. The van der Waals surface area contributed by atoms with Crippen molar-refractivity contribution in [3.8, 4) is 0 Å². The molecule has 1 rings (SSSR count). The van der Waals surface area contributed by atoms with Gasteiger partial charge in [0.1, 0.15) is 5.02 Å². The smallest absolute Gasteiger partial charge is 0.271 e. The van der Waals surface area contributed by atoms with Crippen molar-refractivity contribution in [2.24, 2.45) is 0 Å². The Hall–Kier alpha value is -1.07. The van der Waals surface area contributed by atoms with Crippen LogP contribution in [0.3, 0.4) is 0 Å². The summed E-state index contributed by atoms with van der Waals surface area (Å²) in [7, 11) is 3.57. The predicted molar refractivity (Wildman–Crippen MR) is 47.2 cm³/mol. The summed E-state index contributed by atoms with van der Waals surface area (Å²) >= 11 is 5.47. The maximum Gasteiger partial charge on any atom is 0.271 e. The zero-order chi connectivity index (χ0) is 9.14. The first-order valence-corrected chi connectivity index (χ1v) is 3.66. The van der Waals surface area contributed by atoms with Crippen molar-refractivity contribution in [1.29, 1.82) is 0 Å². The molecule has 1 heterocycles. The average molecular weight is 189 g/mol. The summed E-state index contributed by atoms with van der Waals surface area (Å²) < 4.78 is 0. The standard InChI is InChI=1S/C6H9ClN4O/c1-11(2)10-6-8-3-4(7)5(12)9-6/h3H,1-2H3,(H2,8,9,10,12). The SMILES string of the molecule is CN(C)Nc1ncc(Cl)c(=O)[nH]1. The van der Waals surface area contributed by atoms with Gasteiger partial charge in [0.25, 0.3) is 5.56 Å². The normalized spacial score (nSPS) is 10.3. The molecular formula is C6H9ClN4O. The van der Waals surface area contributed by atoms with Gasteiger partial charge < -0.3 is 0 Å². The topological polar surface area (TPSA) is 61.0 Å². The van der Waals surface area contributed by atoms with Gasteiger partial charge in [-0.2, -0.15) is 0 Å². The van der Waals surface area contributed by atoms with E-state index in [1.165, 1.54) is 6.20 Å². The molecule has 12 heavy (non-hydrogen) atoms. The first-order valence-electron chi connectivity index (χ1n) is 3.28. The molecule has 0 aliphatic carbocycles. The fourth-order valence-corrected chi connectivity index (χ4v) is 0.744. The van der Waals surface area contributed by atoms with Crippen LogP contribution in [0.15, 0.2) is 11.0 Å². The minimum absolute atomic E-state index is 0.0827. The third-order valence-corrected chi connectivity index (χ3v) is 1.35. The Morgan fingerprint density at radius 3 is 2.83 bits per heavy atom. The zero-order valence-corrected chi connectivity index (χ0v) is 7.51. The first kappa shape index (κ1) is 9.02. The second kappa shape index (κ2) is 3.55. The number of nitrogens with one attached hydrogen (secondary N) is 2. The Morgan fingerprint density at radius 2 is 2.33 bits per heavy atom. The number of aromatic amines is 1. The molecule has 0 radical (unpaired) electrons. The predicted octanol–water partition coefficient (Wildman–Crippen LogP) is 0.312. The highest BCUT2D eigenvalue weighted by atomic mass is 35.5. The van der Waals surface area contributed by atoms with Crippen molar-refractivity contribution in [3.63, 3.8) is 0 Å². The fourth-order valence-electron chi connectivity index (χ4n) is 0.648. The molecular weight excluding hydrogens is 180 g/mol. The molecule has 0 spiro atoms. The molecule has 0 amide bonds. The Kier molecular flexibility index (Phi) is 2.67. The molecule has 0 fully saturated rings. The molecule has 0 aliphatic heterocycles. The van der Waals surface area contributed by atoms with Crippen molar-refractivity contribution < 1.29 is 0 Å². The number of hydrogen-bond donors (Lipinski definition) is 2. The van der Waals surface area contributed by atoms with Crippen molar-refractivity contribution in [3.05, 3.63) is 21.6 Å². The Balaban J connectivity index is 2.90. The summed E-state index contributed by atoms with van der Waals surface area (Å²) in [4.78, 5) is 17.2. The summed E-state index contributed by atoms with van der Waals surface area (Å²) in [6.45, 7) is 0. The van der Waals surface area contributed by atoms with Crippen molar-refractivity contribution in [1.82, 2.24) is 15.0 Å². The number of rotatable bonds is 2. The monoisotopic (exact) mass is 188 g/mol. The summed E-state index contributed by atoms with van der Waals surface area (Å²) in [5.41, 5.74) is 2.43. The van der Waals surface area contributed by atoms with Crippen LogP contribution in [0.1, 0.15) is 0 Å². The van der Waals surface area contributed by atoms with Crippen LogP contribution in [0.25, 0.3) is 0 Å². The Bertz CT molecular complexity index is 322. The average Bonchev–Trinajstić information content (AvgIpc) is 1.96. The lowest BCUT2D eigenvalue weighted by atomic mass is 10.6. The molecule has 2 N–H and O–H groups in total. The van der Waals surface area contributed by atoms with Crippen molar-refractivity contribution in [2.75, 3.05) is 19.5 Å². The lowest BCUT2D eigenvalue weighted by molar-refractivity contribution is 0.488. The third-order valence-electron chi connectivity index (χ3n) is 1.09.